The molecule has 13 nitrogen and oxygen atoms in total. The highest BCUT2D eigenvalue weighted by Gasteiger charge is 2.59. The maximum absolute atomic E-state index is 15.9. The van der Waals surface area contributed by atoms with E-state index in [-0.39, 0.29) is 52.9 Å². The van der Waals surface area contributed by atoms with Gasteiger partial charge in [0.2, 0.25) is 0 Å². The molecule has 9 rings (SSSR count). The van der Waals surface area contributed by atoms with Gasteiger partial charge in [-0.25, -0.2) is 9.13 Å². The Balaban J connectivity index is 1.21. The molecule has 404 valence electrons. The molecule has 0 N–H and O–H groups in total. The van der Waals surface area contributed by atoms with Crippen LogP contribution in [0.25, 0.3) is 0 Å². The molecule has 0 aromatic heterocycles. The van der Waals surface area contributed by atoms with E-state index >= 15 is 9.13 Å². The summed E-state index contributed by atoms with van der Waals surface area (Å²) >= 11 is 0. The molecule has 0 heterocycles. The highest BCUT2D eigenvalue weighted by atomic mass is 31.2. The van der Waals surface area contributed by atoms with Gasteiger partial charge >= 0.3 is 15.6 Å². The first kappa shape index (κ1) is 56.3. The van der Waals surface area contributed by atoms with Gasteiger partial charge in [0.1, 0.15) is 42.4 Å². The lowest BCUT2D eigenvalue weighted by molar-refractivity contribution is -0.268. The van der Waals surface area contributed by atoms with E-state index < -0.39 is 52.3 Å². The van der Waals surface area contributed by atoms with Crippen molar-refractivity contribution in [2.45, 2.75) is 89.5 Å². The van der Waals surface area contributed by atoms with Crippen LogP contribution in [0.4, 0.5) is 0 Å². The molecule has 0 amide bonds. The summed E-state index contributed by atoms with van der Waals surface area (Å²) in [6, 6.07) is 73.4. The number of hydrogen-bond acceptors (Lipinski definition) is 13. The van der Waals surface area contributed by atoms with Gasteiger partial charge in [0, 0.05) is 0 Å². The van der Waals surface area contributed by atoms with Gasteiger partial charge in [-0.15, -0.1) is 0 Å². The van der Waals surface area contributed by atoms with E-state index in [1.807, 2.05) is 237 Å². The fraction of sp³-hybridized carbons (Fsp3) is 0.238. The molecule has 0 radical (unpaired) electrons. The molecule has 1 aliphatic rings. The third kappa shape index (κ3) is 16.8. The molecule has 0 bridgehead atoms. The minimum absolute atomic E-state index is 0.0133. The monoisotopic (exact) mass is 1090 g/mol. The van der Waals surface area contributed by atoms with E-state index in [0.29, 0.717) is 28.0 Å². The van der Waals surface area contributed by atoms with Crippen molar-refractivity contribution in [3.63, 3.8) is 0 Å². The standard InChI is InChI=1S/C63H64O13P2/c1-66-57-39-37-56(38-40-57)44-67-58-59(68-41-49-23-9-2-10-24-49)62(75-77(64,71-45-52-29-15-5-16-30-52)72-46-53-31-17-6-18-32-53)61(70-43-51-27-13-4-14-28-51)63(60(58)69-42-50-25-11-3-12-26-50)76-78(65,73-47-54-33-19-7-20-34-54)74-48-55-35-21-8-22-36-55/h2-40,58-63H,41-48H2,1H3/t58?,59-,60-,61?,62-,63+/m0/s1. The van der Waals surface area contributed by atoms with Gasteiger partial charge in [-0.3, -0.25) is 27.1 Å². The van der Waals surface area contributed by atoms with E-state index in [0.717, 1.165) is 22.3 Å². The van der Waals surface area contributed by atoms with Crippen LogP contribution in [0.2, 0.25) is 0 Å². The molecule has 0 aliphatic heterocycles. The molecule has 2 unspecified atom stereocenters. The predicted molar refractivity (Wildman–Crippen MR) is 297 cm³/mol. The van der Waals surface area contributed by atoms with Crippen LogP contribution in [-0.4, -0.2) is 43.7 Å². The second-order valence-corrected chi connectivity index (χ2v) is 21.7. The Morgan fingerprint density at radius 2 is 0.474 bits per heavy atom. The minimum Gasteiger partial charge on any atom is -0.497 e. The first-order chi connectivity index (χ1) is 38.3. The van der Waals surface area contributed by atoms with Crippen LogP contribution in [0.5, 0.6) is 5.75 Å². The van der Waals surface area contributed by atoms with E-state index in [1.54, 1.807) is 7.11 Å². The van der Waals surface area contributed by atoms with Crippen LogP contribution >= 0.6 is 15.6 Å². The average molecular weight is 1090 g/mol. The van der Waals surface area contributed by atoms with Gasteiger partial charge in [0.15, 0.2) is 0 Å². The van der Waals surface area contributed by atoms with Crippen LogP contribution < -0.4 is 4.74 Å². The topological polar surface area (TPSA) is 136 Å². The molecule has 6 atom stereocenters. The SMILES string of the molecule is COc1ccc(COC2[C@H](OCc3ccccc3)[C@H](OP(=O)(OCc3ccccc3)OCc3ccccc3)C(OCc3ccccc3)[C@H](OP(=O)(OCc3ccccc3)OCc3ccccc3)[C@H]2OCc2ccccc2)cc1. The summed E-state index contributed by atoms with van der Waals surface area (Å²) < 4.78 is 105. The fourth-order valence-corrected chi connectivity index (χ4v) is 11.4. The van der Waals surface area contributed by atoms with E-state index in [2.05, 4.69) is 0 Å². The van der Waals surface area contributed by atoms with E-state index in [9.17, 15) is 0 Å². The second-order valence-electron chi connectivity index (χ2n) is 18.5. The highest BCUT2D eigenvalue weighted by Crippen LogP contribution is 2.58. The van der Waals surface area contributed by atoms with Crippen molar-refractivity contribution < 1.29 is 60.0 Å². The number of phosphoric ester groups is 2. The normalized spacial score (nSPS) is 18.6. The Bertz CT molecular complexity index is 2800. The summed E-state index contributed by atoms with van der Waals surface area (Å²) in [6.07, 6.45) is -7.83. The molecular weight excluding hydrogens is 1030 g/mol. The van der Waals surface area contributed by atoms with Gasteiger partial charge in [-0.05, 0) is 56.6 Å². The zero-order valence-corrected chi connectivity index (χ0v) is 45.1. The lowest BCUT2D eigenvalue weighted by atomic mass is 9.84. The molecule has 8 aromatic rings. The minimum atomic E-state index is -4.72. The van der Waals surface area contributed by atoms with Gasteiger partial charge in [-0.2, -0.15) is 0 Å². The molecule has 8 aromatic carbocycles. The van der Waals surface area contributed by atoms with Crippen LogP contribution in [-0.2, 0) is 108 Å². The summed E-state index contributed by atoms with van der Waals surface area (Å²) in [5.74, 6) is 0.661. The third-order valence-electron chi connectivity index (χ3n) is 12.8. The first-order valence-electron chi connectivity index (χ1n) is 25.8. The maximum atomic E-state index is 15.9. The molecule has 1 fully saturated rings. The van der Waals surface area contributed by atoms with Crippen LogP contribution in [0, 0.1) is 0 Å². The van der Waals surface area contributed by atoms with Crippen LogP contribution in [0.1, 0.15) is 44.5 Å². The molecule has 0 spiro atoms. The highest BCUT2D eigenvalue weighted by molar-refractivity contribution is 7.48. The van der Waals surface area contributed by atoms with Crippen molar-refractivity contribution in [1.29, 1.82) is 0 Å². The summed E-state index contributed by atoms with van der Waals surface area (Å²) in [5, 5.41) is 0. The predicted octanol–water partition coefficient (Wildman–Crippen LogP) is 14.2. The maximum Gasteiger partial charge on any atom is 0.475 e. The smallest absolute Gasteiger partial charge is 0.475 e. The summed E-state index contributed by atoms with van der Waals surface area (Å²) in [4.78, 5) is 0. The van der Waals surface area contributed by atoms with Gasteiger partial charge in [0.05, 0.1) is 60.0 Å². The van der Waals surface area contributed by atoms with Crippen molar-refractivity contribution >= 4 is 15.6 Å². The van der Waals surface area contributed by atoms with Gasteiger partial charge < -0.3 is 23.7 Å². The Labute approximate surface area is 457 Å². The fourth-order valence-electron chi connectivity index (χ4n) is 8.74. The van der Waals surface area contributed by atoms with Gasteiger partial charge in [0.25, 0.3) is 0 Å². The molecule has 78 heavy (non-hydrogen) atoms. The van der Waals surface area contributed by atoms with Crippen molar-refractivity contribution in [3.05, 3.63) is 281 Å². The number of phosphoric acid groups is 2. The van der Waals surface area contributed by atoms with E-state index in [4.69, 9.17) is 50.8 Å². The number of hydrogen-bond donors (Lipinski definition) is 0. The van der Waals surface area contributed by atoms with Crippen molar-refractivity contribution in [1.82, 2.24) is 0 Å². The zero-order valence-electron chi connectivity index (χ0n) is 43.3. The number of benzene rings is 8. The molecule has 0 saturated heterocycles. The van der Waals surface area contributed by atoms with Crippen molar-refractivity contribution in [3.8, 4) is 5.75 Å². The van der Waals surface area contributed by atoms with E-state index in [1.165, 1.54) is 0 Å². The second kappa shape index (κ2) is 29.0. The van der Waals surface area contributed by atoms with Crippen LogP contribution in [0.15, 0.2) is 237 Å². The molecule has 1 saturated carbocycles. The van der Waals surface area contributed by atoms with Gasteiger partial charge in [-0.1, -0.05) is 224 Å². The first-order valence-corrected chi connectivity index (χ1v) is 28.7. The number of rotatable bonds is 29. The summed E-state index contributed by atoms with van der Waals surface area (Å²) in [7, 11) is -7.84. The van der Waals surface area contributed by atoms with Crippen LogP contribution in [0.3, 0.4) is 0 Å². The quantitative estimate of drug-likeness (QED) is 0.0412. The largest absolute Gasteiger partial charge is 0.497 e. The summed E-state index contributed by atoms with van der Waals surface area (Å²) in [6.45, 7) is -0.550. The Kier molecular flexibility index (Phi) is 21.0. The van der Waals surface area contributed by atoms with Crippen molar-refractivity contribution in [2.24, 2.45) is 0 Å². The zero-order chi connectivity index (χ0) is 53.7. The molecule has 1 aliphatic carbocycles. The Morgan fingerprint density at radius 1 is 0.269 bits per heavy atom. The number of ether oxygens (including phenoxy) is 5. The summed E-state index contributed by atoms with van der Waals surface area (Å²) in [5.41, 5.74) is 6.06. The molecule has 15 heteroatoms. The van der Waals surface area contributed by atoms with Crippen molar-refractivity contribution in [2.75, 3.05) is 7.11 Å². The Morgan fingerprint density at radius 3 is 0.718 bits per heavy atom. The number of methoxy groups -OCH3 is 1. The lowest BCUT2D eigenvalue weighted by Crippen LogP contribution is -2.67. The average Bonchev–Trinajstić information content (AvgIpc) is 3.63. The lowest BCUT2D eigenvalue weighted by Gasteiger charge is -2.50. The Hall–Kier alpha value is -6.38. The third-order valence-corrected chi connectivity index (χ3v) is 15.6. The molecular formula is C63H64O13P2.